The van der Waals surface area contributed by atoms with E-state index in [2.05, 4.69) is 10.6 Å². The molecule has 0 aliphatic rings. The first-order valence-corrected chi connectivity index (χ1v) is 11.0. The Morgan fingerprint density at radius 1 is 0.824 bits per heavy atom. The number of aryl methyl sites for hydroxylation is 2. The minimum atomic E-state index is -0.360. The maximum atomic E-state index is 13.0. The second-order valence-electron chi connectivity index (χ2n) is 7.98. The van der Waals surface area contributed by atoms with Crippen LogP contribution in [0.2, 0.25) is 0 Å². The van der Waals surface area contributed by atoms with E-state index < -0.39 is 0 Å². The molecule has 3 rings (SSSR count). The molecule has 0 saturated heterocycles. The molecule has 6 nitrogen and oxygen atoms in total. The van der Waals surface area contributed by atoms with Crippen LogP contribution in [0.4, 0.5) is 0 Å². The van der Waals surface area contributed by atoms with Gasteiger partial charge in [-0.05, 0) is 61.7 Å². The van der Waals surface area contributed by atoms with Gasteiger partial charge in [0.15, 0.2) is 11.5 Å². The highest BCUT2D eigenvalue weighted by molar-refractivity contribution is 6.05. The molecule has 0 radical (unpaired) electrons. The van der Waals surface area contributed by atoms with E-state index >= 15 is 0 Å². The molecule has 6 heteroatoms. The third-order valence-electron chi connectivity index (χ3n) is 5.34. The van der Waals surface area contributed by atoms with Gasteiger partial charge in [0, 0.05) is 12.1 Å². The van der Waals surface area contributed by atoms with E-state index in [4.69, 9.17) is 9.47 Å². The number of amides is 2. The van der Waals surface area contributed by atoms with E-state index in [1.807, 2.05) is 68.4 Å². The van der Waals surface area contributed by atoms with Crippen LogP contribution in [0.25, 0.3) is 6.08 Å². The normalized spacial score (nSPS) is 11.0. The lowest BCUT2D eigenvalue weighted by atomic mass is 10.1. The van der Waals surface area contributed by atoms with Gasteiger partial charge in [0.2, 0.25) is 0 Å². The Bertz CT molecular complexity index is 1170. The molecular weight excluding hydrogens is 428 g/mol. The lowest BCUT2D eigenvalue weighted by molar-refractivity contribution is -0.117. The summed E-state index contributed by atoms with van der Waals surface area (Å²) in [4.78, 5) is 25.8. The minimum Gasteiger partial charge on any atom is -0.493 e. The van der Waals surface area contributed by atoms with E-state index in [0.29, 0.717) is 30.0 Å². The van der Waals surface area contributed by atoms with Crippen LogP contribution in [0.5, 0.6) is 11.5 Å². The topological polar surface area (TPSA) is 76.7 Å². The summed E-state index contributed by atoms with van der Waals surface area (Å²) in [6.07, 6.45) is 2.27. The van der Waals surface area contributed by atoms with Crippen molar-refractivity contribution in [1.82, 2.24) is 10.6 Å². The van der Waals surface area contributed by atoms with Crippen LogP contribution >= 0.6 is 0 Å². The third-order valence-corrected chi connectivity index (χ3v) is 5.34. The van der Waals surface area contributed by atoms with Crippen LogP contribution < -0.4 is 20.1 Å². The van der Waals surface area contributed by atoms with Crippen molar-refractivity contribution < 1.29 is 19.1 Å². The number of ether oxygens (including phenoxy) is 2. The molecular formula is C28H30N2O4. The summed E-state index contributed by atoms with van der Waals surface area (Å²) in [6.45, 7) is 4.34. The van der Waals surface area contributed by atoms with Gasteiger partial charge in [0.25, 0.3) is 11.8 Å². The van der Waals surface area contributed by atoms with Gasteiger partial charge in [-0.2, -0.15) is 0 Å². The average molecular weight is 459 g/mol. The lowest BCUT2D eigenvalue weighted by Gasteiger charge is -2.13. The molecule has 176 valence electrons. The standard InChI is InChI=1S/C28H30N2O4/c1-19-5-9-21(10-6-19)17-24(30-27(31)23-12-7-20(2)8-13-23)28(32)29-16-15-22-11-14-25(33-3)26(18-22)34-4/h5-14,17-18H,15-16H2,1-4H3,(H,29,32)(H,30,31). The Morgan fingerprint density at radius 2 is 1.44 bits per heavy atom. The summed E-state index contributed by atoms with van der Waals surface area (Å²) in [5.74, 6) is 0.587. The zero-order valence-corrected chi connectivity index (χ0v) is 20.0. The summed E-state index contributed by atoms with van der Waals surface area (Å²) in [5.41, 5.74) is 4.65. The van der Waals surface area contributed by atoms with E-state index in [1.54, 1.807) is 32.4 Å². The summed E-state index contributed by atoms with van der Waals surface area (Å²) in [6, 6.07) is 20.6. The largest absolute Gasteiger partial charge is 0.493 e. The first-order chi connectivity index (χ1) is 16.4. The number of carbonyl (C=O) groups is 2. The first-order valence-electron chi connectivity index (χ1n) is 11.0. The van der Waals surface area contributed by atoms with Gasteiger partial charge in [0.1, 0.15) is 5.70 Å². The molecule has 34 heavy (non-hydrogen) atoms. The third kappa shape index (κ3) is 6.72. The maximum Gasteiger partial charge on any atom is 0.267 e. The van der Waals surface area contributed by atoms with Gasteiger partial charge in [-0.25, -0.2) is 0 Å². The monoisotopic (exact) mass is 458 g/mol. The number of nitrogens with one attached hydrogen (secondary N) is 2. The number of hydrogen-bond acceptors (Lipinski definition) is 4. The Balaban J connectivity index is 1.73. The summed E-state index contributed by atoms with van der Waals surface area (Å²) in [7, 11) is 3.17. The molecule has 2 N–H and O–H groups in total. The van der Waals surface area contributed by atoms with Crippen molar-refractivity contribution in [2.24, 2.45) is 0 Å². The molecule has 0 fully saturated rings. The quantitative estimate of drug-likeness (QED) is 0.465. The second-order valence-corrected chi connectivity index (χ2v) is 7.98. The van der Waals surface area contributed by atoms with Gasteiger partial charge in [-0.3, -0.25) is 9.59 Å². The van der Waals surface area contributed by atoms with E-state index in [0.717, 1.165) is 22.3 Å². The fraction of sp³-hybridized carbons (Fsp3) is 0.214. The van der Waals surface area contributed by atoms with Crippen molar-refractivity contribution in [3.05, 3.63) is 100 Å². The molecule has 0 aliphatic carbocycles. The zero-order chi connectivity index (χ0) is 24.5. The summed E-state index contributed by atoms with van der Waals surface area (Å²) in [5, 5.41) is 5.67. The Hall–Kier alpha value is -4.06. The van der Waals surface area contributed by atoms with E-state index in [9.17, 15) is 9.59 Å². The van der Waals surface area contributed by atoms with Crippen LogP contribution in [0, 0.1) is 13.8 Å². The predicted molar refractivity (Wildman–Crippen MR) is 134 cm³/mol. The van der Waals surface area contributed by atoms with E-state index in [1.165, 1.54) is 0 Å². The lowest BCUT2D eigenvalue weighted by Crippen LogP contribution is -2.35. The molecule has 0 saturated carbocycles. The van der Waals surface area contributed by atoms with Crippen molar-refractivity contribution >= 4 is 17.9 Å². The molecule has 3 aromatic rings. The Morgan fingerprint density at radius 3 is 2.06 bits per heavy atom. The highest BCUT2D eigenvalue weighted by Gasteiger charge is 2.15. The van der Waals surface area contributed by atoms with Gasteiger partial charge in [0.05, 0.1) is 14.2 Å². The van der Waals surface area contributed by atoms with Crippen molar-refractivity contribution in [3.8, 4) is 11.5 Å². The van der Waals surface area contributed by atoms with Crippen LogP contribution in [0.1, 0.15) is 32.6 Å². The summed E-state index contributed by atoms with van der Waals surface area (Å²) < 4.78 is 10.6. The minimum absolute atomic E-state index is 0.182. The highest BCUT2D eigenvalue weighted by atomic mass is 16.5. The Labute approximate surface area is 200 Å². The SMILES string of the molecule is COc1ccc(CCNC(=O)C(=Cc2ccc(C)cc2)NC(=O)c2ccc(C)cc2)cc1OC. The molecule has 0 spiro atoms. The van der Waals surface area contributed by atoms with Crippen LogP contribution in [0.3, 0.4) is 0 Å². The number of methoxy groups -OCH3 is 2. The number of hydrogen-bond donors (Lipinski definition) is 2. The van der Waals surface area contributed by atoms with Crippen molar-refractivity contribution in [1.29, 1.82) is 0 Å². The van der Waals surface area contributed by atoms with Crippen LogP contribution in [0.15, 0.2) is 72.4 Å². The number of benzene rings is 3. The molecule has 0 unspecified atom stereocenters. The van der Waals surface area contributed by atoms with Crippen molar-refractivity contribution in [2.45, 2.75) is 20.3 Å². The molecule has 0 atom stereocenters. The fourth-order valence-corrected chi connectivity index (χ4v) is 3.34. The van der Waals surface area contributed by atoms with E-state index in [-0.39, 0.29) is 17.5 Å². The Kier molecular flexibility index (Phi) is 8.46. The highest BCUT2D eigenvalue weighted by Crippen LogP contribution is 2.27. The van der Waals surface area contributed by atoms with Gasteiger partial charge >= 0.3 is 0 Å². The van der Waals surface area contributed by atoms with Crippen molar-refractivity contribution in [3.63, 3.8) is 0 Å². The summed E-state index contributed by atoms with van der Waals surface area (Å²) >= 11 is 0. The van der Waals surface area contributed by atoms with Gasteiger partial charge in [-0.1, -0.05) is 53.6 Å². The number of carbonyl (C=O) groups excluding carboxylic acids is 2. The molecule has 0 bridgehead atoms. The predicted octanol–water partition coefficient (Wildman–Crippen LogP) is 4.45. The zero-order valence-electron chi connectivity index (χ0n) is 20.0. The van der Waals surface area contributed by atoms with Crippen LogP contribution in [-0.4, -0.2) is 32.6 Å². The smallest absolute Gasteiger partial charge is 0.267 e. The fourth-order valence-electron chi connectivity index (χ4n) is 3.34. The second kappa shape index (κ2) is 11.7. The molecule has 3 aromatic carbocycles. The first kappa shape index (κ1) is 24.6. The van der Waals surface area contributed by atoms with Gasteiger partial charge < -0.3 is 20.1 Å². The number of rotatable bonds is 9. The average Bonchev–Trinajstić information content (AvgIpc) is 2.85. The van der Waals surface area contributed by atoms with Crippen molar-refractivity contribution in [2.75, 3.05) is 20.8 Å². The maximum absolute atomic E-state index is 13.0. The van der Waals surface area contributed by atoms with Gasteiger partial charge in [-0.15, -0.1) is 0 Å². The van der Waals surface area contributed by atoms with Crippen LogP contribution in [-0.2, 0) is 11.2 Å². The molecule has 0 aliphatic heterocycles. The molecule has 0 heterocycles. The molecule has 0 aromatic heterocycles. The molecule has 2 amide bonds.